The highest BCUT2D eigenvalue weighted by atomic mass is 16.6. The molecule has 3 heteroatoms. The summed E-state index contributed by atoms with van der Waals surface area (Å²) >= 11 is 0. The summed E-state index contributed by atoms with van der Waals surface area (Å²) in [5.41, 5.74) is -0.376. The fourth-order valence-corrected chi connectivity index (χ4v) is 1.43. The number of esters is 2. The molecule has 2 bridgehead atoms. The Morgan fingerprint density at radius 2 is 2.31 bits per heavy atom. The first-order valence-corrected chi connectivity index (χ1v) is 3.97. The minimum absolute atomic E-state index is 0.448. The van der Waals surface area contributed by atoms with Crippen molar-refractivity contribution >= 4 is 11.9 Å². The van der Waals surface area contributed by atoms with Gasteiger partial charge in [0, 0.05) is 0 Å². The number of hydrogen-bond donors (Lipinski definition) is 0. The normalized spacial score (nSPS) is 30.9. The van der Waals surface area contributed by atoms with Gasteiger partial charge >= 0.3 is 11.9 Å². The maximum Gasteiger partial charge on any atom is 0.345 e. The lowest BCUT2D eigenvalue weighted by Crippen LogP contribution is -2.27. The second-order valence-electron chi connectivity index (χ2n) is 3.12. The molecule has 13 heavy (non-hydrogen) atoms. The van der Waals surface area contributed by atoms with E-state index in [-0.39, 0.29) is 0 Å². The van der Waals surface area contributed by atoms with Gasteiger partial charge in [0.1, 0.15) is 5.41 Å². The maximum absolute atomic E-state index is 11.4. The van der Waals surface area contributed by atoms with Gasteiger partial charge in [-0.2, -0.15) is 0 Å². The molecule has 3 rings (SSSR count). The molecule has 3 aliphatic rings. The Balaban J connectivity index is 2.53. The van der Waals surface area contributed by atoms with Gasteiger partial charge in [0.25, 0.3) is 0 Å². The molecule has 66 valence electrons. The molecule has 2 heterocycles. The zero-order valence-corrected chi connectivity index (χ0v) is 6.95. The molecule has 1 unspecified atom stereocenters. The molecule has 0 fully saturated rings. The van der Waals surface area contributed by atoms with E-state index in [1.807, 2.05) is 0 Å². The smallest absolute Gasteiger partial charge is 0.345 e. The van der Waals surface area contributed by atoms with E-state index in [1.165, 1.54) is 6.08 Å². The van der Waals surface area contributed by atoms with E-state index >= 15 is 0 Å². The predicted molar refractivity (Wildman–Crippen MR) is 45.6 cm³/mol. The van der Waals surface area contributed by atoms with Gasteiger partial charge < -0.3 is 4.74 Å². The molecular weight excluding hydrogens is 168 g/mol. The first-order valence-electron chi connectivity index (χ1n) is 3.97. The zero-order chi connectivity index (χ0) is 9.47. The summed E-state index contributed by atoms with van der Waals surface area (Å²) < 4.78 is 4.61. The van der Waals surface area contributed by atoms with Crippen molar-refractivity contribution in [3.8, 4) is 0 Å². The largest absolute Gasteiger partial charge is 0.389 e. The summed E-state index contributed by atoms with van der Waals surface area (Å²) in [5.74, 6) is -1.10. The highest BCUT2D eigenvalue weighted by Crippen LogP contribution is 2.35. The number of hydrogen-bond acceptors (Lipinski definition) is 3. The Labute approximate surface area is 75.4 Å². The third-order valence-corrected chi connectivity index (χ3v) is 2.39. The van der Waals surface area contributed by atoms with Gasteiger partial charge in [-0.05, 0) is 6.42 Å². The fraction of sp³-hybridized carbons (Fsp3) is 0.200. The monoisotopic (exact) mass is 176 g/mol. The molecule has 3 nitrogen and oxygen atoms in total. The van der Waals surface area contributed by atoms with Crippen LogP contribution in [0.5, 0.6) is 0 Å². The average Bonchev–Trinajstić information content (AvgIpc) is 2.34. The molecule has 0 radical (unpaired) electrons. The Hall–Kier alpha value is -1.64. The third kappa shape index (κ3) is 0.967. The molecule has 0 saturated carbocycles. The van der Waals surface area contributed by atoms with Crippen molar-refractivity contribution in [1.82, 2.24) is 0 Å². The zero-order valence-electron chi connectivity index (χ0n) is 6.95. The highest BCUT2D eigenvalue weighted by Gasteiger charge is 2.40. The molecule has 0 N–H and O–H groups in total. The van der Waals surface area contributed by atoms with Crippen LogP contribution < -0.4 is 0 Å². The number of fused-ring (bicyclic) bond motifs is 3. The van der Waals surface area contributed by atoms with Gasteiger partial charge in [-0.3, -0.25) is 4.79 Å². The predicted octanol–water partition coefficient (Wildman–Crippen LogP) is 1.13. The van der Waals surface area contributed by atoms with Crippen LogP contribution in [0, 0.1) is 5.41 Å². The number of carbonyl (C=O) groups is 2. The summed E-state index contributed by atoms with van der Waals surface area (Å²) in [6, 6.07) is 0. The summed E-state index contributed by atoms with van der Waals surface area (Å²) in [7, 11) is 0. The average molecular weight is 176 g/mol. The first-order chi connectivity index (χ1) is 6.18. The van der Waals surface area contributed by atoms with Crippen molar-refractivity contribution in [2.45, 2.75) is 6.42 Å². The van der Waals surface area contributed by atoms with Crippen molar-refractivity contribution in [3.63, 3.8) is 0 Å². The van der Waals surface area contributed by atoms with Gasteiger partial charge in [-0.15, -0.1) is 6.58 Å². The highest BCUT2D eigenvalue weighted by molar-refractivity contribution is 6.03. The summed E-state index contributed by atoms with van der Waals surface area (Å²) in [6.45, 7) is 3.58. The van der Waals surface area contributed by atoms with E-state index in [9.17, 15) is 9.59 Å². The van der Waals surface area contributed by atoms with Crippen LogP contribution in [-0.2, 0) is 14.3 Å². The van der Waals surface area contributed by atoms with Crippen LogP contribution in [-0.4, -0.2) is 11.9 Å². The summed E-state index contributed by atoms with van der Waals surface area (Å²) in [6.07, 6.45) is 6.96. The lowest BCUT2D eigenvalue weighted by Gasteiger charge is -2.20. The lowest BCUT2D eigenvalue weighted by atomic mass is 9.81. The Morgan fingerprint density at radius 1 is 1.54 bits per heavy atom. The molecular formula is C10H8O3. The molecule has 0 spiro atoms. The van der Waals surface area contributed by atoms with E-state index in [0.29, 0.717) is 12.0 Å². The first kappa shape index (κ1) is 7.98. The van der Waals surface area contributed by atoms with Crippen LogP contribution >= 0.6 is 0 Å². The fourth-order valence-electron chi connectivity index (χ4n) is 1.43. The van der Waals surface area contributed by atoms with Crippen LogP contribution in [0.4, 0.5) is 0 Å². The molecule has 0 saturated heterocycles. The van der Waals surface area contributed by atoms with E-state index in [0.717, 1.165) is 0 Å². The summed E-state index contributed by atoms with van der Waals surface area (Å²) in [5, 5.41) is 0. The Bertz CT molecular complexity index is 362. The van der Waals surface area contributed by atoms with E-state index in [1.54, 1.807) is 18.2 Å². The van der Waals surface area contributed by atoms with Gasteiger partial charge in [0.2, 0.25) is 0 Å². The molecule has 2 aliphatic heterocycles. The van der Waals surface area contributed by atoms with Gasteiger partial charge in [0.15, 0.2) is 0 Å². The van der Waals surface area contributed by atoms with Crippen LogP contribution in [0.15, 0.2) is 36.5 Å². The van der Waals surface area contributed by atoms with Crippen molar-refractivity contribution in [1.29, 1.82) is 0 Å². The Kier molecular flexibility index (Phi) is 1.49. The van der Waals surface area contributed by atoms with Gasteiger partial charge in [-0.1, -0.05) is 24.3 Å². The number of rotatable bonds is 1. The summed E-state index contributed by atoms with van der Waals surface area (Å²) in [4.78, 5) is 22.6. The number of allylic oxidation sites excluding steroid dienone is 1. The van der Waals surface area contributed by atoms with Crippen LogP contribution in [0.3, 0.4) is 0 Å². The van der Waals surface area contributed by atoms with E-state index in [4.69, 9.17) is 0 Å². The van der Waals surface area contributed by atoms with Crippen LogP contribution in [0.1, 0.15) is 6.42 Å². The molecule has 0 amide bonds. The Morgan fingerprint density at radius 3 is 2.85 bits per heavy atom. The van der Waals surface area contributed by atoms with Crippen LogP contribution in [0.2, 0.25) is 0 Å². The number of ether oxygens (including phenoxy) is 1. The van der Waals surface area contributed by atoms with Crippen molar-refractivity contribution in [3.05, 3.63) is 36.5 Å². The number of carbonyl (C=O) groups excluding carboxylic acids is 2. The lowest BCUT2D eigenvalue weighted by molar-refractivity contribution is -0.160. The second kappa shape index (κ2) is 2.42. The molecule has 1 atom stereocenters. The molecule has 0 aromatic heterocycles. The van der Waals surface area contributed by atoms with Gasteiger partial charge in [0.05, 0.1) is 5.57 Å². The molecule has 0 aromatic carbocycles. The topological polar surface area (TPSA) is 43.4 Å². The standard InChI is InChI=1S/C10H8O3/c1-2-10-5-3-7(4-6-10)8(11)13-9(10)12/h2-5H,1,6H2. The van der Waals surface area contributed by atoms with E-state index < -0.39 is 17.4 Å². The SMILES string of the molecule is C=CC12C=CC(=CC1)C(=O)OC2=O. The van der Waals surface area contributed by atoms with Crippen molar-refractivity contribution < 1.29 is 14.3 Å². The molecule has 1 aliphatic carbocycles. The minimum Gasteiger partial charge on any atom is -0.389 e. The van der Waals surface area contributed by atoms with Crippen molar-refractivity contribution in [2.24, 2.45) is 5.41 Å². The van der Waals surface area contributed by atoms with Crippen LogP contribution in [0.25, 0.3) is 0 Å². The van der Waals surface area contributed by atoms with Gasteiger partial charge in [-0.25, -0.2) is 4.79 Å². The second-order valence-corrected chi connectivity index (χ2v) is 3.12. The quantitative estimate of drug-likeness (QED) is 0.341. The van der Waals surface area contributed by atoms with Crippen molar-refractivity contribution in [2.75, 3.05) is 0 Å². The van der Waals surface area contributed by atoms with E-state index in [2.05, 4.69) is 11.3 Å². The molecule has 0 aromatic rings. The maximum atomic E-state index is 11.4. The third-order valence-electron chi connectivity index (χ3n) is 2.39. The minimum atomic E-state index is -0.824.